The summed E-state index contributed by atoms with van der Waals surface area (Å²) in [5.74, 6) is 0.984. The van der Waals surface area contributed by atoms with Gasteiger partial charge in [0.15, 0.2) is 0 Å². The van der Waals surface area contributed by atoms with E-state index >= 15 is 0 Å². The monoisotopic (exact) mass is 247 g/mol. The largest absolute Gasteiger partial charge is 0.330 e. The number of hydrogen-bond donors (Lipinski definition) is 1. The fourth-order valence-corrected chi connectivity index (χ4v) is 1.98. The Kier molecular flexibility index (Phi) is 6.06. The summed E-state index contributed by atoms with van der Waals surface area (Å²) in [4.78, 5) is 12.0. The topological polar surface area (TPSA) is 43.1 Å². The van der Waals surface area contributed by atoms with Gasteiger partial charge < -0.3 is 5.73 Å². The lowest BCUT2D eigenvalue weighted by atomic mass is 9.94. The number of hydrogen-bond acceptors (Lipinski definition) is 2. The van der Waals surface area contributed by atoms with Gasteiger partial charge in [0.05, 0.1) is 0 Å². The standard InChI is InChI=1S/C16H25NO/c1-12(2)15-8-6-14(7-9-15)11-16(18)13(3)5-4-10-17/h6-9,12-13H,4-5,10-11,17H2,1-3H3. The highest BCUT2D eigenvalue weighted by Crippen LogP contribution is 2.16. The quantitative estimate of drug-likeness (QED) is 0.803. The van der Waals surface area contributed by atoms with E-state index in [0.29, 0.717) is 24.7 Å². The fourth-order valence-electron chi connectivity index (χ4n) is 1.98. The van der Waals surface area contributed by atoms with Crippen molar-refractivity contribution in [1.82, 2.24) is 0 Å². The number of Topliss-reactive ketones (excluding diaryl/α,β-unsaturated/α-hetero) is 1. The van der Waals surface area contributed by atoms with Crippen LogP contribution in [0.5, 0.6) is 0 Å². The SMILES string of the molecule is CC(CCCN)C(=O)Cc1ccc(C(C)C)cc1. The van der Waals surface area contributed by atoms with Crippen LogP contribution in [0.4, 0.5) is 0 Å². The Bertz CT molecular complexity index is 367. The molecule has 0 spiro atoms. The predicted octanol–water partition coefficient (Wildman–Crippen LogP) is 3.30. The first-order valence-corrected chi connectivity index (χ1v) is 6.86. The highest BCUT2D eigenvalue weighted by atomic mass is 16.1. The van der Waals surface area contributed by atoms with Gasteiger partial charge in [-0.1, -0.05) is 45.0 Å². The zero-order valence-corrected chi connectivity index (χ0v) is 11.8. The lowest BCUT2D eigenvalue weighted by Crippen LogP contribution is -2.15. The molecule has 0 radical (unpaired) electrons. The van der Waals surface area contributed by atoms with Crippen LogP contribution >= 0.6 is 0 Å². The van der Waals surface area contributed by atoms with Crippen molar-refractivity contribution in [3.8, 4) is 0 Å². The van der Waals surface area contributed by atoms with E-state index in [-0.39, 0.29) is 5.92 Å². The minimum absolute atomic E-state index is 0.123. The molecule has 0 aliphatic rings. The Morgan fingerprint density at radius 2 is 1.78 bits per heavy atom. The highest BCUT2D eigenvalue weighted by molar-refractivity contribution is 5.82. The third-order valence-corrected chi connectivity index (χ3v) is 3.42. The molecule has 1 aromatic carbocycles. The molecule has 0 aliphatic carbocycles. The van der Waals surface area contributed by atoms with Crippen molar-refractivity contribution in [2.75, 3.05) is 6.54 Å². The normalized spacial score (nSPS) is 12.7. The van der Waals surface area contributed by atoms with Crippen LogP contribution in [0, 0.1) is 5.92 Å². The summed E-state index contributed by atoms with van der Waals surface area (Å²) in [5, 5.41) is 0. The van der Waals surface area contributed by atoms with Gasteiger partial charge in [0, 0.05) is 12.3 Å². The van der Waals surface area contributed by atoms with Gasteiger partial charge >= 0.3 is 0 Å². The smallest absolute Gasteiger partial charge is 0.140 e. The molecule has 2 N–H and O–H groups in total. The van der Waals surface area contributed by atoms with Crippen molar-refractivity contribution in [3.63, 3.8) is 0 Å². The minimum atomic E-state index is 0.123. The number of carbonyl (C=O) groups is 1. The van der Waals surface area contributed by atoms with Gasteiger partial charge in [-0.25, -0.2) is 0 Å². The molecule has 1 unspecified atom stereocenters. The van der Waals surface area contributed by atoms with Gasteiger partial charge in [-0.2, -0.15) is 0 Å². The van der Waals surface area contributed by atoms with Crippen molar-refractivity contribution < 1.29 is 4.79 Å². The first-order chi connectivity index (χ1) is 8.54. The minimum Gasteiger partial charge on any atom is -0.330 e. The van der Waals surface area contributed by atoms with Gasteiger partial charge in [0.2, 0.25) is 0 Å². The van der Waals surface area contributed by atoms with E-state index in [0.717, 1.165) is 18.4 Å². The van der Waals surface area contributed by atoms with Crippen molar-refractivity contribution >= 4 is 5.78 Å². The maximum absolute atomic E-state index is 12.0. The van der Waals surface area contributed by atoms with Crippen LogP contribution in [-0.4, -0.2) is 12.3 Å². The maximum atomic E-state index is 12.0. The lowest BCUT2D eigenvalue weighted by Gasteiger charge is -2.10. The summed E-state index contributed by atoms with van der Waals surface area (Å²) >= 11 is 0. The summed E-state index contributed by atoms with van der Waals surface area (Å²) in [6, 6.07) is 8.39. The molecular weight excluding hydrogens is 222 g/mol. The summed E-state index contributed by atoms with van der Waals surface area (Å²) in [6.07, 6.45) is 2.38. The summed E-state index contributed by atoms with van der Waals surface area (Å²) in [6.45, 7) is 7.02. The zero-order valence-electron chi connectivity index (χ0n) is 11.8. The molecule has 2 nitrogen and oxygen atoms in total. The number of nitrogens with two attached hydrogens (primary N) is 1. The van der Waals surface area contributed by atoms with Crippen LogP contribution in [0.3, 0.4) is 0 Å². The van der Waals surface area contributed by atoms with Crippen LogP contribution in [0.15, 0.2) is 24.3 Å². The van der Waals surface area contributed by atoms with Crippen molar-refractivity contribution in [3.05, 3.63) is 35.4 Å². The second kappa shape index (κ2) is 7.32. The Labute approximate surface area is 111 Å². The van der Waals surface area contributed by atoms with E-state index in [1.807, 2.05) is 6.92 Å². The first-order valence-electron chi connectivity index (χ1n) is 6.86. The summed E-state index contributed by atoms with van der Waals surface area (Å²) < 4.78 is 0. The molecule has 0 amide bonds. The van der Waals surface area contributed by atoms with Crippen molar-refractivity contribution in [2.24, 2.45) is 11.7 Å². The number of ketones is 1. The van der Waals surface area contributed by atoms with E-state index in [4.69, 9.17) is 5.73 Å². The maximum Gasteiger partial charge on any atom is 0.140 e. The molecule has 0 saturated heterocycles. The summed E-state index contributed by atoms with van der Waals surface area (Å²) in [7, 11) is 0. The molecule has 1 aromatic rings. The molecule has 0 saturated carbocycles. The zero-order chi connectivity index (χ0) is 13.5. The second-order valence-corrected chi connectivity index (χ2v) is 5.37. The molecule has 0 aromatic heterocycles. The van der Waals surface area contributed by atoms with Gasteiger partial charge in [-0.15, -0.1) is 0 Å². The molecule has 0 heterocycles. The van der Waals surface area contributed by atoms with E-state index in [1.54, 1.807) is 0 Å². The molecule has 0 bridgehead atoms. The van der Waals surface area contributed by atoms with Crippen molar-refractivity contribution in [1.29, 1.82) is 0 Å². The van der Waals surface area contributed by atoms with E-state index < -0.39 is 0 Å². The van der Waals surface area contributed by atoms with Gasteiger partial charge in [-0.05, 0) is 36.4 Å². The van der Waals surface area contributed by atoms with Crippen LogP contribution < -0.4 is 5.73 Å². The Morgan fingerprint density at radius 3 is 2.28 bits per heavy atom. The van der Waals surface area contributed by atoms with Crippen LogP contribution in [0.1, 0.15) is 50.7 Å². The van der Waals surface area contributed by atoms with Crippen molar-refractivity contribution in [2.45, 2.75) is 46.0 Å². The van der Waals surface area contributed by atoms with Gasteiger partial charge in [0.1, 0.15) is 5.78 Å². The average molecular weight is 247 g/mol. The summed E-state index contributed by atoms with van der Waals surface area (Å²) in [5.41, 5.74) is 7.90. The first kappa shape index (κ1) is 14.9. The Balaban J connectivity index is 2.53. The molecule has 100 valence electrons. The molecule has 18 heavy (non-hydrogen) atoms. The average Bonchev–Trinajstić information content (AvgIpc) is 2.36. The van der Waals surface area contributed by atoms with Gasteiger partial charge in [-0.3, -0.25) is 4.79 Å². The van der Waals surface area contributed by atoms with Crippen LogP contribution in [-0.2, 0) is 11.2 Å². The number of benzene rings is 1. The Hall–Kier alpha value is -1.15. The Morgan fingerprint density at radius 1 is 1.17 bits per heavy atom. The molecular formula is C16H25NO. The molecule has 1 rings (SSSR count). The molecule has 1 atom stereocenters. The number of carbonyl (C=O) groups excluding carboxylic acids is 1. The second-order valence-electron chi connectivity index (χ2n) is 5.37. The van der Waals surface area contributed by atoms with E-state index in [2.05, 4.69) is 38.1 Å². The number of rotatable bonds is 7. The van der Waals surface area contributed by atoms with Crippen LogP contribution in [0.25, 0.3) is 0 Å². The highest BCUT2D eigenvalue weighted by Gasteiger charge is 2.12. The fraction of sp³-hybridized carbons (Fsp3) is 0.562. The van der Waals surface area contributed by atoms with Crippen LogP contribution in [0.2, 0.25) is 0 Å². The predicted molar refractivity (Wildman–Crippen MR) is 76.7 cm³/mol. The van der Waals surface area contributed by atoms with E-state index in [9.17, 15) is 4.79 Å². The third kappa shape index (κ3) is 4.61. The molecule has 0 fully saturated rings. The van der Waals surface area contributed by atoms with E-state index in [1.165, 1.54) is 5.56 Å². The lowest BCUT2D eigenvalue weighted by molar-refractivity contribution is -0.121. The molecule has 0 aliphatic heterocycles. The molecule has 2 heteroatoms. The van der Waals surface area contributed by atoms with Gasteiger partial charge in [0.25, 0.3) is 0 Å². The third-order valence-electron chi connectivity index (χ3n) is 3.42.